The number of benzene rings is 2. The topological polar surface area (TPSA) is 0 Å². The minimum absolute atomic E-state index is 0.235. The molecule has 0 atom stereocenters. The summed E-state index contributed by atoms with van der Waals surface area (Å²) in [5.41, 5.74) is 2.36. The summed E-state index contributed by atoms with van der Waals surface area (Å²) < 4.78 is 38.3. The summed E-state index contributed by atoms with van der Waals surface area (Å²) in [7, 11) is 0.235. The molecule has 1 heterocycles. The quantitative estimate of drug-likeness (QED) is 0.649. The van der Waals surface area contributed by atoms with E-state index in [1.165, 1.54) is 36.5 Å². The zero-order chi connectivity index (χ0) is 16.3. The van der Waals surface area contributed by atoms with Gasteiger partial charge in [0.1, 0.15) is 16.9 Å². The number of halogens is 3. The first kappa shape index (κ1) is 16.2. The molecule has 1 saturated heterocycles. The van der Waals surface area contributed by atoms with Crippen LogP contribution in [0.5, 0.6) is 0 Å². The summed E-state index contributed by atoms with van der Waals surface area (Å²) in [5.74, 6) is 2.38. The fourth-order valence-electron chi connectivity index (χ4n) is 2.72. The van der Waals surface area contributed by atoms with Gasteiger partial charge in [0.25, 0.3) is 0 Å². The molecule has 0 bridgehead atoms. The zero-order valence-corrected chi connectivity index (χ0v) is 13.5. The highest BCUT2D eigenvalue weighted by atomic mass is 32.2. The molecule has 3 rings (SSSR count). The molecule has 0 spiro atoms. The highest BCUT2D eigenvalue weighted by Gasteiger charge is 2.30. The van der Waals surface area contributed by atoms with E-state index in [4.69, 9.17) is 0 Å². The minimum Gasteiger partial charge on any atom is -0.166 e. The zero-order valence-electron chi connectivity index (χ0n) is 12.6. The van der Waals surface area contributed by atoms with E-state index in [0.717, 1.165) is 16.7 Å². The number of alkyl halides is 3. The van der Waals surface area contributed by atoms with E-state index in [1.54, 1.807) is 12.1 Å². The summed E-state index contributed by atoms with van der Waals surface area (Å²) >= 11 is 0. The van der Waals surface area contributed by atoms with Gasteiger partial charge in [-0.05, 0) is 36.1 Å². The first-order valence-corrected chi connectivity index (χ1v) is 9.28. The van der Waals surface area contributed by atoms with Crippen molar-refractivity contribution in [3.63, 3.8) is 0 Å². The highest BCUT2D eigenvalue weighted by molar-refractivity contribution is 8.00. The molecule has 0 saturated carbocycles. The van der Waals surface area contributed by atoms with Crippen LogP contribution < -0.4 is 0 Å². The molecule has 0 radical (unpaired) electrons. The van der Waals surface area contributed by atoms with Crippen LogP contribution in [0, 0.1) is 0 Å². The minimum atomic E-state index is -4.29. The van der Waals surface area contributed by atoms with Gasteiger partial charge >= 0.3 is 6.18 Å². The van der Waals surface area contributed by atoms with Gasteiger partial charge in [-0.2, -0.15) is 13.2 Å². The van der Waals surface area contributed by atoms with Crippen LogP contribution in [0.15, 0.2) is 60.0 Å². The Hall–Kier alpha value is -1.68. The van der Waals surface area contributed by atoms with Gasteiger partial charge in [-0.25, -0.2) is 0 Å². The van der Waals surface area contributed by atoms with Gasteiger partial charge in [0.05, 0.1) is 5.56 Å². The van der Waals surface area contributed by atoms with Gasteiger partial charge in [0.2, 0.25) is 0 Å². The van der Waals surface area contributed by atoms with Gasteiger partial charge in [-0.1, -0.05) is 42.5 Å². The van der Waals surface area contributed by atoms with Gasteiger partial charge in [0, 0.05) is 16.5 Å². The van der Waals surface area contributed by atoms with E-state index in [-0.39, 0.29) is 10.9 Å². The van der Waals surface area contributed by atoms with Crippen molar-refractivity contribution in [2.75, 3.05) is 11.5 Å². The molecule has 0 unspecified atom stereocenters. The van der Waals surface area contributed by atoms with Gasteiger partial charge < -0.3 is 0 Å². The van der Waals surface area contributed by atoms with Gasteiger partial charge in [-0.3, -0.25) is 0 Å². The lowest BCUT2D eigenvalue weighted by Gasteiger charge is -2.10. The van der Waals surface area contributed by atoms with E-state index in [9.17, 15) is 13.2 Å². The molecule has 0 amide bonds. The maximum Gasteiger partial charge on any atom is 0.416 e. The monoisotopic (exact) mass is 335 g/mol. The smallest absolute Gasteiger partial charge is 0.166 e. The lowest BCUT2D eigenvalue weighted by molar-refractivity contribution is -0.137. The number of hydrogen-bond donors (Lipinski definition) is 0. The van der Waals surface area contributed by atoms with Crippen LogP contribution in [0.25, 0.3) is 5.57 Å². The van der Waals surface area contributed by atoms with Crippen molar-refractivity contribution >= 4 is 16.5 Å². The molecule has 0 aliphatic carbocycles. The molecular weight excluding hydrogens is 317 g/mol. The lowest BCUT2D eigenvalue weighted by atomic mass is 9.98. The standard InChI is InChI=1S/C19H18F3S/c20-19(21,22)17-10-8-16(9-11-17)18(14-23-12-4-5-13-23)15-6-2-1-3-7-15/h1-3,6-11,14H,4-5,12-13H2/q+1. The van der Waals surface area contributed by atoms with Crippen molar-refractivity contribution in [1.29, 1.82) is 0 Å². The van der Waals surface area contributed by atoms with Crippen LogP contribution in [0.1, 0.15) is 29.5 Å². The van der Waals surface area contributed by atoms with E-state index in [0.29, 0.717) is 0 Å². The summed E-state index contributed by atoms with van der Waals surface area (Å²) in [6.07, 6.45) is -1.80. The molecule has 0 nitrogen and oxygen atoms in total. The van der Waals surface area contributed by atoms with Crippen molar-refractivity contribution in [3.8, 4) is 0 Å². The van der Waals surface area contributed by atoms with Crippen LogP contribution in [0.3, 0.4) is 0 Å². The molecule has 23 heavy (non-hydrogen) atoms. The Kier molecular flexibility index (Phi) is 4.81. The Balaban J connectivity index is 1.98. The largest absolute Gasteiger partial charge is 0.416 e. The third-order valence-electron chi connectivity index (χ3n) is 3.96. The normalized spacial score (nSPS) is 16.7. The van der Waals surface area contributed by atoms with E-state index in [2.05, 4.69) is 5.41 Å². The molecule has 1 aliphatic heterocycles. The van der Waals surface area contributed by atoms with E-state index in [1.807, 2.05) is 30.3 Å². The summed E-state index contributed by atoms with van der Waals surface area (Å²) in [6, 6.07) is 15.4. The second kappa shape index (κ2) is 6.83. The fourth-order valence-corrected chi connectivity index (χ4v) is 4.92. The van der Waals surface area contributed by atoms with Crippen molar-refractivity contribution in [1.82, 2.24) is 0 Å². The Labute approximate surface area is 137 Å². The summed E-state index contributed by atoms with van der Waals surface area (Å²) in [5, 5.41) is 2.27. The highest BCUT2D eigenvalue weighted by Crippen LogP contribution is 2.32. The molecule has 0 N–H and O–H groups in total. The molecular formula is C19H18F3S+. The lowest BCUT2D eigenvalue weighted by Crippen LogP contribution is -2.05. The average Bonchev–Trinajstić information content (AvgIpc) is 3.06. The first-order chi connectivity index (χ1) is 11.0. The molecule has 1 aliphatic rings. The Morgan fingerprint density at radius 3 is 1.96 bits per heavy atom. The molecule has 4 heteroatoms. The Bertz CT molecular complexity index is 666. The van der Waals surface area contributed by atoms with Crippen LogP contribution in [-0.4, -0.2) is 11.5 Å². The molecule has 120 valence electrons. The Morgan fingerprint density at radius 2 is 1.39 bits per heavy atom. The second-order valence-corrected chi connectivity index (χ2v) is 7.75. The van der Waals surface area contributed by atoms with E-state index < -0.39 is 11.7 Å². The third kappa shape index (κ3) is 3.99. The molecule has 2 aromatic carbocycles. The predicted octanol–water partition coefficient (Wildman–Crippen LogP) is 5.51. The van der Waals surface area contributed by atoms with Crippen molar-refractivity contribution in [3.05, 3.63) is 76.7 Å². The summed E-state index contributed by atoms with van der Waals surface area (Å²) in [6.45, 7) is 0. The van der Waals surface area contributed by atoms with Gasteiger partial charge in [-0.15, -0.1) is 0 Å². The second-order valence-electron chi connectivity index (χ2n) is 5.63. The predicted molar refractivity (Wildman–Crippen MR) is 91.3 cm³/mol. The average molecular weight is 335 g/mol. The molecule has 2 aromatic rings. The van der Waals surface area contributed by atoms with Crippen molar-refractivity contribution in [2.45, 2.75) is 19.0 Å². The third-order valence-corrected chi connectivity index (χ3v) is 6.15. The van der Waals surface area contributed by atoms with Crippen LogP contribution >= 0.6 is 0 Å². The Morgan fingerprint density at radius 1 is 0.826 bits per heavy atom. The number of hydrogen-bond acceptors (Lipinski definition) is 0. The van der Waals surface area contributed by atoms with Crippen LogP contribution in [0.2, 0.25) is 0 Å². The maximum absolute atomic E-state index is 12.8. The van der Waals surface area contributed by atoms with Crippen LogP contribution in [0.4, 0.5) is 13.2 Å². The van der Waals surface area contributed by atoms with Gasteiger partial charge in [0.15, 0.2) is 0 Å². The molecule has 1 fully saturated rings. The molecule has 0 aromatic heterocycles. The van der Waals surface area contributed by atoms with E-state index >= 15 is 0 Å². The van der Waals surface area contributed by atoms with Crippen molar-refractivity contribution in [2.24, 2.45) is 0 Å². The summed E-state index contributed by atoms with van der Waals surface area (Å²) in [4.78, 5) is 0. The number of rotatable bonds is 3. The van der Waals surface area contributed by atoms with Crippen molar-refractivity contribution < 1.29 is 13.2 Å². The SMILES string of the molecule is FC(F)(F)c1ccc(C(=C[S+]2CCCC2)c2ccccc2)cc1. The maximum atomic E-state index is 12.8. The fraction of sp³-hybridized carbons (Fsp3) is 0.263. The van der Waals surface area contributed by atoms with Crippen LogP contribution in [-0.2, 0) is 17.1 Å². The first-order valence-electron chi connectivity index (χ1n) is 7.65.